The van der Waals surface area contributed by atoms with E-state index >= 15 is 0 Å². The van der Waals surface area contributed by atoms with Gasteiger partial charge in [-0.25, -0.2) is 4.39 Å². The molecule has 0 atom stereocenters. The molecule has 31 heavy (non-hydrogen) atoms. The van der Waals surface area contributed by atoms with Crippen LogP contribution in [0.15, 0.2) is 66.3 Å². The summed E-state index contributed by atoms with van der Waals surface area (Å²) in [5.41, 5.74) is 3.92. The van der Waals surface area contributed by atoms with Crippen molar-refractivity contribution >= 4 is 34.3 Å². The van der Waals surface area contributed by atoms with Crippen LogP contribution in [0.3, 0.4) is 0 Å². The van der Waals surface area contributed by atoms with Gasteiger partial charge in [0.15, 0.2) is 5.16 Å². The number of anilines is 1. The number of thioether (sulfide) groups is 1. The van der Waals surface area contributed by atoms with Crippen LogP contribution in [0, 0.1) is 12.7 Å². The maximum Gasteiger partial charge on any atom is 0.234 e. The van der Waals surface area contributed by atoms with Crippen molar-refractivity contribution in [2.24, 2.45) is 0 Å². The number of hydrogen-bond acceptors (Lipinski definition) is 4. The highest BCUT2D eigenvalue weighted by Gasteiger charge is 2.17. The van der Waals surface area contributed by atoms with Crippen LogP contribution < -0.4 is 5.32 Å². The van der Waals surface area contributed by atoms with E-state index in [1.807, 2.05) is 16.7 Å². The molecule has 2 aromatic carbocycles. The lowest BCUT2D eigenvalue weighted by Gasteiger charge is -2.08. The molecule has 0 radical (unpaired) electrons. The lowest BCUT2D eigenvalue weighted by atomic mass is 10.1. The molecule has 4 aromatic rings. The highest BCUT2D eigenvalue weighted by molar-refractivity contribution is 7.99. The van der Waals surface area contributed by atoms with Gasteiger partial charge in [0.2, 0.25) is 5.91 Å². The molecule has 0 saturated carbocycles. The second-order valence-corrected chi connectivity index (χ2v) is 8.04. The number of fused-ring (bicyclic) bond motifs is 1. The molecule has 4 rings (SSSR count). The number of rotatable bonds is 8. The van der Waals surface area contributed by atoms with Crippen LogP contribution >= 0.6 is 11.8 Å². The number of nitrogens with zero attached hydrogens (tertiary/aromatic N) is 3. The van der Waals surface area contributed by atoms with Crippen molar-refractivity contribution in [3.05, 3.63) is 84.1 Å². The van der Waals surface area contributed by atoms with E-state index in [1.54, 1.807) is 6.08 Å². The molecule has 0 fully saturated rings. The number of carbonyl (C=O) groups excluding carboxylic acids is 1. The van der Waals surface area contributed by atoms with E-state index in [4.69, 9.17) is 0 Å². The van der Waals surface area contributed by atoms with Gasteiger partial charge < -0.3 is 14.9 Å². The van der Waals surface area contributed by atoms with E-state index in [-0.39, 0.29) is 17.5 Å². The summed E-state index contributed by atoms with van der Waals surface area (Å²) in [6, 6.07) is 13.9. The van der Waals surface area contributed by atoms with E-state index in [1.165, 1.54) is 47.0 Å². The van der Waals surface area contributed by atoms with E-state index in [9.17, 15) is 9.18 Å². The Balaban J connectivity index is 1.49. The summed E-state index contributed by atoms with van der Waals surface area (Å²) in [6.45, 7) is 6.44. The number of para-hydroxylation sites is 1. The molecule has 0 aliphatic carbocycles. The number of aryl methyl sites for hydroxylation is 1. The van der Waals surface area contributed by atoms with Crippen LogP contribution in [0.2, 0.25) is 0 Å². The lowest BCUT2D eigenvalue weighted by Crippen LogP contribution is -2.14. The summed E-state index contributed by atoms with van der Waals surface area (Å²) in [7, 11) is 0. The number of allylic oxidation sites excluding steroid dienone is 1. The van der Waals surface area contributed by atoms with Crippen molar-refractivity contribution in [2.45, 2.75) is 25.0 Å². The standard InChI is InChI=1S/C23H22FN5OS/c1-3-12-29-21(13-19-15(2)25-20-7-5-4-6-18(19)20)27-28-23(29)31-14-22(30)26-17-10-8-16(24)9-11-17/h3-11,25H,1,12-14H2,2H3,(H,26,30). The van der Waals surface area contributed by atoms with Gasteiger partial charge in [-0.1, -0.05) is 36.0 Å². The summed E-state index contributed by atoms with van der Waals surface area (Å²) in [4.78, 5) is 15.7. The Morgan fingerprint density at radius 1 is 1.23 bits per heavy atom. The van der Waals surface area contributed by atoms with E-state index in [0.717, 1.165) is 17.0 Å². The molecule has 8 heteroatoms. The number of carbonyl (C=O) groups is 1. The molecule has 6 nitrogen and oxygen atoms in total. The molecule has 2 aromatic heterocycles. The van der Waals surface area contributed by atoms with Crippen molar-refractivity contribution in [3.8, 4) is 0 Å². The maximum atomic E-state index is 13.0. The van der Waals surface area contributed by atoms with Crippen LogP contribution in [-0.4, -0.2) is 31.4 Å². The number of hydrogen-bond donors (Lipinski definition) is 2. The third-order valence-electron chi connectivity index (χ3n) is 4.93. The summed E-state index contributed by atoms with van der Waals surface area (Å²) in [5, 5.41) is 13.3. The molecule has 0 aliphatic heterocycles. The zero-order chi connectivity index (χ0) is 21.8. The van der Waals surface area contributed by atoms with Crippen molar-refractivity contribution < 1.29 is 9.18 Å². The molecule has 2 N–H and O–H groups in total. The summed E-state index contributed by atoms with van der Waals surface area (Å²) in [6.07, 6.45) is 2.41. The van der Waals surface area contributed by atoms with Gasteiger partial charge in [-0.15, -0.1) is 16.8 Å². The summed E-state index contributed by atoms with van der Waals surface area (Å²) < 4.78 is 15.0. The summed E-state index contributed by atoms with van der Waals surface area (Å²) in [5.74, 6) is 0.439. The van der Waals surface area contributed by atoms with Gasteiger partial charge in [-0.3, -0.25) is 4.79 Å². The molecular weight excluding hydrogens is 413 g/mol. The number of benzene rings is 2. The van der Waals surface area contributed by atoms with Gasteiger partial charge in [-0.05, 0) is 42.8 Å². The Morgan fingerprint density at radius 2 is 2.00 bits per heavy atom. The zero-order valence-corrected chi connectivity index (χ0v) is 17.9. The minimum atomic E-state index is -0.345. The fourth-order valence-corrected chi connectivity index (χ4v) is 4.22. The number of H-pyrrole nitrogens is 1. The number of aromatic amines is 1. The van der Waals surface area contributed by atoms with E-state index in [2.05, 4.69) is 46.1 Å². The normalized spacial score (nSPS) is 11.0. The molecule has 0 unspecified atom stereocenters. The van der Waals surface area contributed by atoms with Crippen molar-refractivity contribution in [1.82, 2.24) is 19.7 Å². The van der Waals surface area contributed by atoms with Gasteiger partial charge in [0.1, 0.15) is 11.6 Å². The monoisotopic (exact) mass is 435 g/mol. The van der Waals surface area contributed by atoms with Crippen molar-refractivity contribution in [2.75, 3.05) is 11.1 Å². The average Bonchev–Trinajstić information content (AvgIpc) is 3.29. The Bertz CT molecular complexity index is 1230. The van der Waals surface area contributed by atoms with Gasteiger partial charge in [0.05, 0.1) is 5.75 Å². The fraction of sp³-hybridized carbons (Fsp3) is 0.174. The lowest BCUT2D eigenvalue weighted by molar-refractivity contribution is -0.113. The Morgan fingerprint density at radius 3 is 2.77 bits per heavy atom. The minimum absolute atomic E-state index is 0.165. The molecule has 2 heterocycles. The second-order valence-electron chi connectivity index (χ2n) is 7.09. The van der Waals surface area contributed by atoms with Crippen LogP contribution in [0.4, 0.5) is 10.1 Å². The van der Waals surface area contributed by atoms with Crippen LogP contribution in [-0.2, 0) is 17.8 Å². The molecule has 1 amide bonds. The van der Waals surface area contributed by atoms with Crippen molar-refractivity contribution in [1.29, 1.82) is 0 Å². The Hall–Kier alpha value is -3.39. The van der Waals surface area contributed by atoms with Crippen molar-refractivity contribution in [3.63, 3.8) is 0 Å². The molecular formula is C23H22FN5OS. The first-order valence-corrected chi connectivity index (χ1v) is 10.8. The smallest absolute Gasteiger partial charge is 0.234 e. The number of amides is 1. The van der Waals surface area contributed by atoms with Crippen LogP contribution in [0.1, 0.15) is 17.1 Å². The maximum absolute atomic E-state index is 13.0. The minimum Gasteiger partial charge on any atom is -0.358 e. The molecule has 0 spiro atoms. The average molecular weight is 436 g/mol. The van der Waals surface area contributed by atoms with Gasteiger partial charge in [0, 0.05) is 35.2 Å². The first-order valence-electron chi connectivity index (χ1n) is 9.82. The van der Waals surface area contributed by atoms with Gasteiger partial charge in [0.25, 0.3) is 0 Å². The first-order chi connectivity index (χ1) is 15.0. The Kier molecular flexibility index (Phi) is 6.18. The SMILES string of the molecule is C=CCn1c(Cc2c(C)[nH]c3ccccc23)nnc1SCC(=O)Nc1ccc(F)cc1. The predicted molar refractivity (Wildman–Crippen MR) is 122 cm³/mol. The third-order valence-corrected chi connectivity index (χ3v) is 5.89. The first kappa shape index (κ1) is 20.9. The van der Waals surface area contributed by atoms with Crippen LogP contribution in [0.25, 0.3) is 10.9 Å². The predicted octanol–water partition coefficient (Wildman–Crippen LogP) is 4.71. The molecule has 158 valence electrons. The highest BCUT2D eigenvalue weighted by atomic mass is 32.2. The van der Waals surface area contributed by atoms with Crippen LogP contribution in [0.5, 0.6) is 0 Å². The third kappa shape index (κ3) is 4.69. The van der Waals surface area contributed by atoms with Gasteiger partial charge >= 0.3 is 0 Å². The topological polar surface area (TPSA) is 75.6 Å². The number of nitrogens with one attached hydrogen (secondary N) is 2. The summed E-state index contributed by atoms with van der Waals surface area (Å²) >= 11 is 1.31. The Labute approximate surface area is 183 Å². The molecule has 0 bridgehead atoms. The van der Waals surface area contributed by atoms with E-state index in [0.29, 0.717) is 23.8 Å². The number of halogens is 1. The molecule has 0 aliphatic rings. The second kappa shape index (κ2) is 9.18. The number of aromatic nitrogens is 4. The fourth-order valence-electron chi connectivity index (χ4n) is 3.45. The zero-order valence-electron chi connectivity index (χ0n) is 17.1. The van der Waals surface area contributed by atoms with Gasteiger partial charge in [-0.2, -0.15) is 0 Å². The highest BCUT2D eigenvalue weighted by Crippen LogP contribution is 2.26. The largest absolute Gasteiger partial charge is 0.358 e. The van der Waals surface area contributed by atoms with E-state index < -0.39 is 0 Å². The molecule has 0 saturated heterocycles. The quantitative estimate of drug-likeness (QED) is 0.310.